The van der Waals surface area contributed by atoms with E-state index in [1.807, 2.05) is 30.3 Å². The molecule has 124 valence electrons. The lowest BCUT2D eigenvalue weighted by atomic mass is 10.1. The zero-order valence-electron chi connectivity index (χ0n) is 13.0. The summed E-state index contributed by atoms with van der Waals surface area (Å²) in [5.41, 5.74) is 1.27. The van der Waals surface area contributed by atoms with Gasteiger partial charge >= 0.3 is 0 Å². The summed E-state index contributed by atoms with van der Waals surface area (Å²) in [6.45, 7) is 2.14. The Labute approximate surface area is 155 Å². The predicted octanol–water partition coefficient (Wildman–Crippen LogP) is 3.34. The molecule has 1 aliphatic rings. The van der Waals surface area contributed by atoms with Gasteiger partial charge in [0.05, 0.1) is 5.56 Å². The number of carbonyl (C=O) groups is 2. The Morgan fingerprint density at radius 3 is 1.96 bits per heavy atom. The van der Waals surface area contributed by atoms with Crippen molar-refractivity contribution in [2.24, 2.45) is 0 Å². The third-order valence-corrected chi connectivity index (χ3v) is 5.00. The second-order valence-corrected chi connectivity index (χ2v) is 7.01. The van der Waals surface area contributed by atoms with Gasteiger partial charge in [-0.1, -0.05) is 28.1 Å². The number of piperazine rings is 1. The lowest BCUT2D eigenvalue weighted by Crippen LogP contribution is -2.50. The minimum absolute atomic E-state index is 0.00388. The summed E-state index contributed by atoms with van der Waals surface area (Å²) in [6.07, 6.45) is 0. The number of halogens is 1. The first-order valence-electron chi connectivity index (χ1n) is 7.68. The molecule has 0 spiro atoms. The molecular weight excluding hydrogens is 388 g/mol. The topological polar surface area (TPSA) is 40.6 Å². The van der Waals surface area contributed by atoms with Gasteiger partial charge < -0.3 is 9.80 Å². The maximum Gasteiger partial charge on any atom is 0.255 e. The maximum absolute atomic E-state index is 12.6. The van der Waals surface area contributed by atoms with E-state index in [1.54, 1.807) is 28.0 Å². The molecule has 0 N–H and O–H groups in total. The second-order valence-electron chi connectivity index (χ2n) is 5.61. The van der Waals surface area contributed by atoms with Gasteiger partial charge in [-0.2, -0.15) is 0 Å². The summed E-state index contributed by atoms with van der Waals surface area (Å²) >= 11 is 7.71. The molecule has 0 unspecified atom stereocenters. The lowest BCUT2D eigenvalue weighted by molar-refractivity contribution is 0.0533. The summed E-state index contributed by atoms with van der Waals surface area (Å²) in [4.78, 5) is 29.3. The lowest BCUT2D eigenvalue weighted by Gasteiger charge is -2.35. The fraction of sp³-hybridized carbons (Fsp3) is 0.222. The summed E-state index contributed by atoms with van der Waals surface area (Å²) in [5, 5.41) is 0. The maximum atomic E-state index is 12.6. The van der Waals surface area contributed by atoms with Crippen molar-refractivity contribution in [3.63, 3.8) is 0 Å². The van der Waals surface area contributed by atoms with E-state index in [0.717, 1.165) is 4.47 Å². The van der Waals surface area contributed by atoms with Gasteiger partial charge in [-0.05, 0) is 36.4 Å². The molecule has 1 saturated heterocycles. The molecule has 0 atom stereocenters. The molecule has 2 amide bonds. The van der Waals surface area contributed by atoms with Crippen molar-refractivity contribution in [1.29, 1.82) is 0 Å². The van der Waals surface area contributed by atoms with Crippen LogP contribution in [0.2, 0.25) is 0 Å². The Kier molecular flexibility index (Phi) is 5.26. The molecule has 0 radical (unpaired) electrons. The van der Waals surface area contributed by atoms with Crippen molar-refractivity contribution in [2.75, 3.05) is 26.2 Å². The fourth-order valence-corrected chi connectivity index (χ4v) is 3.23. The highest BCUT2D eigenvalue weighted by Crippen LogP contribution is 2.18. The van der Waals surface area contributed by atoms with Crippen molar-refractivity contribution in [1.82, 2.24) is 9.80 Å². The fourth-order valence-electron chi connectivity index (χ4n) is 2.71. The van der Waals surface area contributed by atoms with Gasteiger partial charge in [-0.3, -0.25) is 9.59 Å². The zero-order chi connectivity index (χ0) is 17.1. The molecule has 2 aromatic rings. The number of hydrogen-bond acceptors (Lipinski definition) is 3. The second kappa shape index (κ2) is 7.40. The van der Waals surface area contributed by atoms with Crippen LogP contribution in [-0.4, -0.2) is 47.8 Å². The van der Waals surface area contributed by atoms with E-state index in [4.69, 9.17) is 0 Å². The monoisotopic (exact) mass is 404 g/mol. The van der Waals surface area contributed by atoms with Crippen molar-refractivity contribution in [2.45, 2.75) is 4.90 Å². The Bertz CT molecular complexity index is 756. The highest BCUT2D eigenvalue weighted by atomic mass is 79.9. The normalized spacial score (nSPS) is 14.6. The van der Waals surface area contributed by atoms with Gasteiger partial charge in [-0.15, -0.1) is 12.6 Å². The SMILES string of the molecule is O=C(c1ccc(Br)cc1)N1CCN(C(=O)c2ccccc2S)CC1. The molecule has 4 nitrogen and oxygen atoms in total. The quantitative estimate of drug-likeness (QED) is 0.779. The van der Waals surface area contributed by atoms with Crippen LogP contribution < -0.4 is 0 Å². The highest BCUT2D eigenvalue weighted by molar-refractivity contribution is 9.10. The van der Waals surface area contributed by atoms with Gasteiger partial charge in [0.2, 0.25) is 0 Å². The van der Waals surface area contributed by atoms with Crippen LogP contribution in [0.1, 0.15) is 20.7 Å². The number of nitrogens with zero attached hydrogens (tertiary/aromatic N) is 2. The Morgan fingerprint density at radius 1 is 0.833 bits per heavy atom. The third kappa shape index (κ3) is 3.65. The zero-order valence-corrected chi connectivity index (χ0v) is 15.5. The van der Waals surface area contributed by atoms with Crippen molar-refractivity contribution >= 4 is 40.4 Å². The van der Waals surface area contributed by atoms with Crippen molar-refractivity contribution < 1.29 is 9.59 Å². The number of benzene rings is 2. The number of hydrogen-bond donors (Lipinski definition) is 1. The molecule has 24 heavy (non-hydrogen) atoms. The van der Waals surface area contributed by atoms with Crippen LogP contribution in [-0.2, 0) is 0 Å². The molecule has 0 saturated carbocycles. The van der Waals surface area contributed by atoms with Crippen LogP contribution >= 0.6 is 28.6 Å². The number of rotatable bonds is 2. The van der Waals surface area contributed by atoms with Crippen LogP contribution in [0.15, 0.2) is 57.9 Å². The summed E-state index contributed by atoms with van der Waals surface area (Å²) < 4.78 is 0.944. The third-order valence-electron chi connectivity index (χ3n) is 4.08. The average Bonchev–Trinajstić information content (AvgIpc) is 2.62. The Hall–Kier alpha value is -1.79. The summed E-state index contributed by atoms with van der Waals surface area (Å²) in [7, 11) is 0. The van der Waals surface area contributed by atoms with Gasteiger partial charge in [0.15, 0.2) is 0 Å². The molecule has 0 aliphatic carbocycles. The number of thiol groups is 1. The van der Waals surface area contributed by atoms with Gasteiger partial charge in [0.1, 0.15) is 0 Å². The summed E-state index contributed by atoms with van der Waals surface area (Å²) in [5.74, 6) is -0.0273. The minimum Gasteiger partial charge on any atom is -0.335 e. The Balaban J connectivity index is 1.63. The average molecular weight is 405 g/mol. The number of carbonyl (C=O) groups excluding carboxylic acids is 2. The molecule has 1 aliphatic heterocycles. The van der Waals surface area contributed by atoms with E-state index >= 15 is 0 Å². The van der Waals surface area contributed by atoms with Gasteiger partial charge in [-0.25, -0.2) is 0 Å². The first-order chi connectivity index (χ1) is 11.6. The molecule has 1 heterocycles. The van der Waals surface area contributed by atoms with Crippen LogP contribution in [0.3, 0.4) is 0 Å². The Morgan fingerprint density at radius 2 is 1.38 bits per heavy atom. The van der Waals surface area contributed by atoms with Crippen molar-refractivity contribution in [3.8, 4) is 0 Å². The van der Waals surface area contributed by atoms with E-state index in [-0.39, 0.29) is 11.8 Å². The predicted molar refractivity (Wildman–Crippen MR) is 99.6 cm³/mol. The van der Waals surface area contributed by atoms with Crippen molar-refractivity contribution in [3.05, 3.63) is 64.1 Å². The largest absolute Gasteiger partial charge is 0.335 e. The first-order valence-corrected chi connectivity index (χ1v) is 8.92. The molecule has 2 aromatic carbocycles. The number of amides is 2. The molecule has 0 bridgehead atoms. The van der Waals surface area contributed by atoms with E-state index < -0.39 is 0 Å². The molecule has 1 fully saturated rings. The van der Waals surface area contributed by atoms with Crippen LogP contribution in [0.4, 0.5) is 0 Å². The summed E-state index contributed by atoms with van der Waals surface area (Å²) in [6, 6.07) is 14.6. The van der Waals surface area contributed by atoms with Gasteiger partial charge in [0, 0.05) is 41.1 Å². The van der Waals surface area contributed by atoms with Crippen LogP contribution in [0, 0.1) is 0 Å². The first kappa shape index (κ1) is 17.0. The van der Waals surface area contributed by atoms with E-state index in [2.05, 4.69) is 28.6 Å². The molecule has 0 aromatic heterocycles. The van der Waals surface area contributed by atoms with E-state index in [0.29, 0.717) is 42.2 Å². The smallest absolute Gasteiger partial charge is 0.255 e. The minimum atomic E-state index is -0.0312. The highest BCUT2D eigenvalue weighted by Gasteiger charge is 2.26. The van der Waals surface area contributed by atoms with E-state index in [9.17, 15) is 9.59 Å². The molecular formula is C18H17BrN2O2S. The van der Waals surface area contributed by atoms with Crippen LogP contribution in [0.5, 0.6) is 0 Å². The molecule has 6 heteroatoms. The van der Waals surface area contributed by atoms with Crippen LogP contribution in [0.25, 0.3) is 0 Å². The molecule has 3 rings (SSSR count). The van der Waals surface area contributed by atoms with E-state index in [1.165, 1.54) is 0 Å². The standard InChI is InChI=1S/C18H17BrN2O2S/c19-14-7-5-13(6-8-14)17(22)20-9-11-21(12-10-20)18(23)15-3-1-2-4-16(15)24/h1-8,24H,9-12H2. The van der Waals surface area contributed by atoms with Gasteiger partial charge in [0.25, 0.3) is 11.8 Å².